The first-order valence-electron chi connectivity index (χ1n) is 6.55. The third kappa shape index (κ3) is 3.02. The first-order chi connectivity index (χ1) is 8.99. The molecule has 100 valence electrons. The van der Waals surface area contributed by atoms with Gasteiger partial charge in [-0.05, 0) is 67.1 Å². The van der Waals surface area contributed by atoms with Crippen molar-refractivity contribution in [3.05, 3.63) is 70.0 Å². The summed E-state index contributed by atoms with van der Waals surface area (Å²) in [6.07, 6.45) is 0.662. The maximum Gasteiger partial charge on any atom is 0.123 e. The van der Waals surface area contributed by atoms with Gasteiger partial charge in [-0.25, -0.2) is 4.39 Å². The van der Waals surface area contributed by atoms with Crippen LogP contribution in [0.25, 0.3) is 0 Å². The molecular weight excluding hydrogens is 237 g/mol. The predicted molar refractivity (Wildman–Crippen MR) is 77.7 cm³/mol. The van der Waals surface area contributed by atoms with Gasteiger partial charge in [0.15, 0.2) is 0 Å². The lowest BCUT2D eigenvalue weighted by Gasteiger charge is -2.18. The van der Waals surface area contributed by atoms with E-state index in [1.807, 2.05) is 19.1 Å². The van der Waals surface area contributed by atoms with E-state index in [9.17, 15) is 4.39 Å². The molecular formula is C17H20FN. The van der Waals surface area contributed by atoms with Crippen LogP contribution in [0.3, 0.4) is 0 Å². The largest absolute Gasteiger partial charge is 0.324 e. The van der Waals surface area contributed by atoms with E-state index in [2.05, 4.69) is 26.0 Å². The second-order valence-corrected chi connectivity index (χ2v) is 5.19. The fraction of sp³-hybridized carbons (Fsp3) is 0.294. The quantitative estimate of drug-likeness (QED) is 0.884. The number of aryl methyl sites for hydroxylation is 3. The molecule has 19 heavy (non-hydrogen) atoms. The summed E-state index contributed by atoms with van der Waals surface area (Å²) in [5, 5.41) is 0. The molecule has 2 N–H and O–H groups in total. The zero-order valence-corrected chi connectivity index (χ0v) is 11.7. The molecule has 2 heteroatoms. The molecule has 0 aliphatic rings. The summed E-state index contributed by atoms with van der Waals surface area (Å²) < 4.78 is 13.3. The topological polar surface area (TPSA) is 26.0 Å². The van der Waals surface area contributed by atoms with Gasteiger partial charge in [-0.3, -0.25) is 0 Å². The molecule has 0 saturated heterocycles. The third-order valence-electron chi connectivity index (χ3n) is 3.66. The maximum absolute atomic E-state index is 13.3. The Balaban J connectivity index is 2.31. The van der Waals surface area contributed by atoms with Crippen molar-refractivity contribution in [2.45, 2.75) is 33.2 Å². The summed E-state index contributed by atoms with van der Waals surface area (Å²) in [6, 6.07) is 11.0. The molecule has 0 aliphatic heterocycles. The van der Waals surface area contributed by atoms with E-state index >= 15 is 0 Å². The lowest BCUT2D eigenvalue weighted by Crippen LogP contribution is -2.16. The van der Waals surface area contributed by atoms with E-state index in [1.54, 1.807) is 6.07 Å². The van der Waals surface area contributed by atoms with Crippen LogP contribution in [0.5, 0.6) is 0 Å². The van der Waals surface area contributed by atoms with Crippen molar-refractivity contribution in [2.75, 3.05) is 0 Å². The van der Waals surface area contributed by atoms with E-state index in [4.69, 9.17) is 5.73 Å². The zero-order chi connectivity index (χ0) is 14.0. The Bertz CT molecular complexity index is 570. The van der Waals surface area contributed by atoms with Gasteiger partial charge >= 0.3 is 0 Å². The SMILES string of the molecule is Cc1ccc(F)cc1CC(N)c1c(C)cccc1C. The Morgan fingerprint density at radius 3 is 2.26 bits per heavy atom. The van der Waals surface area contributed by atoms with Gasteiger partial charge in [-0.1, -0.05) is 24.3 Å². The highest BCUT2D eigenvalue weighted by molar-refractivity contribution is 5.38. The minimum absolute atomic E-state index is 0.0956. The molecule has 0 spiro atoms. The molecule has 0 heterocycles. The van der Waals surface area contributed by atoms with Gasteiger partial charge in [0.1, 0.15) is 5.82 Å². The molecule has 0 aromatic heterocycles. The highest BCUT2D eigenvalue weighted by Gasteiger charge is 2.13. The second kappa shape index (κ2) is 5.54. The Morgan fingerprint density at radius 1 is 1.00 bits per heavy atom. The summed E-state index contributed by atoms with van der Waals surface area (Å²) in [6.45, 7) is 6.13. The van der Waals surface area contributed by atoms with Crippen LogP contribution in [-0.2, 0) is 6.42 Å². The Kier molecular flexibility index (Phi) is 4.01. The molecule has 2 rings (SSSR count). The summed E-state index contributed by atoms with van der Waals surface area (Å²) in [7, 11) is 0. The number of halogens is 1. The Labute approximate surface area is 114 Å². The lowest BCUT2D eigenvalue weighted by atomic mass is 9.91. The summed E-state index contributed by atoms with van der Waals surface area (Å²) >= 11 is 0. The number of hydrogen-bond donors (Lipinski definition) is 1. The molecule has 0 saturated carbocycles. The molecule has 0 radical (unpaired) electrons. The molecule has 1 atom stereocenters. The fourth-order valence-corrected chi connectivity index (χ4v) is 2.61. The van der Waals surface area contributed by atoms with Crippen molar-refractivity contribution in [1.29, 1.82) is 0 Å². The normalized spacial score (nSPS) is 12.5. The zero-order valence-electron chi connectivity index (χ0n) is 11.7. The lowest BCUT2D eigenvalue weighted by molar-refractivity contribution is 0.620. The average molecular weight is 257 g/mol. The number of benzene rings is 2. The van der Waals surface area contributed by atoms with Gasteiger partial charge in [0, 0.05) is 6.04 Å². The first-order valence-corrected chi connectivity index (χ1v) is 6.55. The standard InChI is InChI=1S/C17H20FN/c1-11-7-8-15(18)9-14(11)10-16(19)17-12(2)5-4-6-13(17)3/h4-9,16H,10,19H2,1-3H3. The van der Waals surface area contributed by atoms with Crippen LogP contribution < -0.4 is 5.73 Å². The minimum atomic E-state index is -0.200. The molecule has 2 aromatic rings. The smallest absolute Gasteiger partial charge is 0.123 e. The summed E-state index contributed by atoms with van der Waals surface area (Å²) in [5.74, 6) is -0.200. The molecule has 2 aromatic carbocycles. The van der Waals surface area contributed by atoms with Crippen molar-refractivity contribution < 1.29 is 4.39 Å². The number of hydrogen-bond acceptors (Lipinski definition) is 1. The molecule has 0 bridgehead atoms. The van der Waals surface area contributed by atoms with E-state index in [-0.39, 0.29) is 11.9 Å². The molecule has 1 nitrogen and oxygen atoms in total. The van der Waals surface area contributed by atoms with Crippen LogP contribution in [0.15, 0.2) is 36.4 Å². The van der Waals surface area contributed by atoms with Crippen LogP contribution in [-0.4, -0.2) is 0 Å². The third-order valence-corrected chi connectivity index (χ3v) is 3.66. The number of rotatable bonds is 3. The van der Waals surface area contributed by atoms with Gasteiger partial charge in [-0.15, -0.1) is 0 Å². The fourth-order valence-electron chi connectivity index (χ4n) is 2.61. The van der Waals surface area contributed by atoms with Crippen molar-refractivity contribution in [3.8, 4) is 0 Å². The summed E-state index contributed by atoms with van der Waals surface area (Å²) in [5.41, 5.74) is 12.0. The van der Waals surface area contributed by atoms with E-state index in [0.29, 0.717) is 6.42 Å². The van der Waals surface area contributed by atoms with E-state index in [0.717, 1.165) is 11.1 Å². The van der Waals surface area contributed by atoms with Crippen molar-refractivity contribution >= 4 is 0 Å². The Morgan fingerprint density at radius 2 is 1.63 bits per heavy atom. The van der Waals surface area contributed by atoms with Gasteiger partial charge in [0.25, 0.3) is 0 Å². The maximum atomic E-state index is 13.3. The monoisotopic (exact) mass is 257 g/mol. The first kappa shape index (κ1) is 13.8. The van der Waals surface area contributed by atoms with Gasteiger partial charge in [0.2, 0.25) is 0 Å². The van der Waals surface area contributed by atoms with Crippen LogP contribution in [0.2, 0.25) is 0 Å². The van der Waals surface area contributed by atoms with Crippen molar-refractivity contribution in [1.82, 2.24) is 0 Å². The highest BCUT2D eigenvalue weighted by atomic mass is 19.1. The predicted octanol–water partition coefficient (Wildman–Crippen LogP) is 3.99. The molecule has 0 fully saturated rings. The van der Waals surface area contributed by atoms with E-state index in [1.165, 1.54) is 22.8 Å². The minimum Gasteiger partial charge on any atom is -0.324 e. The average Bonchev–Trinajstić information content (AvgIpc) is 2.33. The molecule has 0 amide bonds. The van der Waals surface area contributed by atoms with E-state index < -0.39 is 0 Å². The van der Waals surface area contributed by atoms with Crippen LogP contribution in [0.4, 0.5) is 4.39 Å². The molecule has 0 aliphatic carbocycles. The van der Waals surface area contributed by atoms with Crippen molar-refractivity contribution in [2.24, 2.45) is 5.73 Å². The van der Waals surface area contributed by atoms with Crippen LogP contribution in [0, 0.1) is 26.6 Å². The van der Waals surface area contributed by atoms with Gasteiger partial charge < -0.3 is 5.73 Å². The molecule has 1 unspecified atom stereocenters. The van der Waals surface area contributed by atoms with Crippen LogP contribution >= 0.6 is 0 Å². The number of nitrogens with two attached hydrogens (primary N) is 1. The van der Waals surface area contributed by atoms with Crippen LogP contribution in [0.1, 0.15) is 33.9 Å². The van der Waals surface area contributed by atoms with Crippen molar-refractivity contribution in [3.63, 3.8) is 0 Å². The summed E-state index contributed by atoms with van der Waals surface area (Å²) in [4.78, 5) is 0. The highest BCUT2D eigenvalue weighted by Crippen LogP contribution is 2.24. The second-order valence-electron chi connectivity index (χ2n) is 5.19. The van der Waals surface area contributed by atoms with Gasteiger partial charge in [0.05, 0.1) is 0 Å². The Hall–Kier alpha value is -1.67. The van der Waals surface area contributed by atoms with Gasteiger partial charge in [-0.2, -0.15) is 0 Å².